The van der Waals surface area contributed by atoms with Gasteiger partial charge in [0.15, 0.2) is 0 Å². The van der Waals surface area contributed by atoms with Gasteiger partial charge in [-0.15, -0.1) is 0 Å². The van der Waals surface area contributed by atoms with Gasteiger partial charge in [-0.2, -0.15) is 0 Å². The molecule has 0 radical (unpaired) electrons. The van der Waals surface area contributed by atoms with Gasteiger partial charge < -0.3 is 18.0 Å². The van der Waals surface area contributed by atoms with E-state index in [-0.39, 0.29) is 0 Å². The van der Waals surface area contributed by atoms with Gasteiger partial charge in [0.2, 0.25) is 0 Å². The summed E-state index contributed by atoms with van der Waals surface area (Å²) in [4.78, 5) is 0. The Kier molecular flexibility index (Phi) is 6.18. The van der Waals surface area contributed by atoms with Gasteiger partial charge in [0.1, 0.15) is 30.4 Å². The van der Waals surface area contributed by atoms with Crippen LogP contribution in [0.15, 0.2) is 179 Å². The van der Waals surface area contributed by atoms with Gasteiger partial charge in [0.05, 0.1) is 22.1 Å². The third-order valence-corrected chi connectivity index (χ3v) is 15.5. The molecule has 5 heteroatoms. The molecule has 0 fully saturated rings. The molecular formula is C50H34N2O2Si. The zero-order valence-corrected chi connectivity index (χ0v) is 31.4. The fourth-order valence-electron chi connectivity index (χ4n) is 9.15. The van der Waals surface area contributed by atoms with Crippen molar-refractivity contribution in [1.82, 2.24) is 9.13 Å². The van der Waals surface area contributed by atoms with Crippen LogP contribution in [-0.2, 0) is 0 Å². The first-order valence-electron chi connectivity index (χ1n) is 18.9. The second kappa shape index (κ2) is 11.1. The average Bonchev–Trinajstić information content (AvgIpc) is 3.97. The van der Waals surface area contributed by atoms with Crippen molar-refractivity contribution in [3.63, 3.8) is 0 Å². The van der Waals surface area contributed by atoms with Crippen LogP contribution in [0.2, 0.25) is 13.1 Å². The van der Waals surface area contributed by atoms with Gasteiger partial charge in [0.25, 0.3) is 0 Å². The number of para-hydroxylation sites is 4. The van der Waals surface area contributed by atoms with Crippen LogP contribution in [0, 0.1) is 0 Å². The van der Waals surface area contributed by atoms with Crippen molar-refractivity contribution in [1.29, 1.82) is 0 Å². The first kappa shape index (κ1) is 30.6. The molecule has 0 atom stereocenters. The van der Waals surface area contributed by atoms with E-state index < -0.39 is 8.07 Å². The lowest BCUT2D eigenvalue weighted by atomic mass is 10.1. The third-order valence-electron chi connectivity index (χ3n) is 12.0. The molecule has 0 saturated heterocycles. The zero-order chi connectivity index (χ0) is 36.4. The Hall–Kier alpha value is -6.82. The second-order valence-corrected chi connectivity index (χ2v) is 19.8. The van der Waals surface area contributed by atoms with Crippen LogP contribution in [0.3, 0.4) is 0 Å². The third kappa shape index (κ3) is 4.33. The van der Waals surface area contributed by atoms with Crippen LogP contribution in [0.4, 0.5) is 0 Å². The molecule has 0 aliphatic carbocycles. The second-order valence-electron chi connectivity index (χ2n) is 15.4. The Morgan fingerprint density at radius 1 is 0.327 bits per heavy atom. The molecule has 0 aliphatic rings. The average molecular weight is 723 g/mol. The highest BCUT2D eigenvalue weighted by atomic mass is 28.3. The topological polar surface area (TPSA) is 36.1 Å². The maximum absolute atomic E-state index is 6.46. The smallest absolute Gasteiger partial charge is 0.135 e. The highest BCUT2D eigenvalue weighted by Crippen LogP contribution is 2.37. The maximum Gasteiger partial charge on any atom is 0.135 e. The molecule has 0 bridgehead atoms. The molecular weight excluding hydrogens is 689 g/mol. The summed E-state index contributed by atoms with van der Waals surface area (Å²) >= 11 is 0. The Balaban J connectivity index is 0.989. The predicted octanol–water partition coefficient (Wildman–Crippen LogP) is 12.5. The summed E-state index contributed by atoms with van der Waals surface area (Å²) in [5.74, 6) is 0. The van der Waals surface area contributed by atoms with Gasteiger partial charge in [-0.3, -0.25) is 0 Å². The molecule has 0 unspecified atom stereocenters. The summed E-state index contributed by atoms with van der Waals surface area (Å²) in [6.45, 7) is 4.90. The minimum absolute atomic E-state index is 0.904. The van der Waals surface area contributed by atoms with E-state index in [0.717, 1.165) is 55.3 Å². The summed E-state index contributed by atoms with van der Waals surface area (Å²) < 4.78 is 17.7. The molecule has 8 aromatic carbocycles. The molecule has 12 rings (SSSR count). The van der Waals surface area contributed by atoms with Gasteiger partial charge in [-0.25, -0.2) is 0 Å². The molecule has 0 amide bonds. The van der Waals surface area contributed by atoms with Crippen molar-refractivity contribution in [2.45, 2.75) is 13.1 Å². The highest BCUT2D eigenvalue weighted by molar-refractivity contribution is 7.00. The maximum atomic E-state index is 6.46. The number of hydrogen-bond donors (Lipinski definition) is 0. The highest BCUT2D eigenvalue weighted by Gasteiger charge is 2.28. The van der Waals surface area contributed by atoms with Crippen molar-refractivity contribution in [2.24, 2.45) is 0 Å². The van der Waals surface area contributed by atoms with Crippen LogP contribution in [0.25, 0.3) is 98.9 Å². The molecule has 0 aliphatic heterocycles. The molecule has 55 heavy (non-hydrogen) atoms. The van der Waals surface area contributed by atoms with Crippen LogP contribution in [0.1, 0.15) is 0 Å². The van der Waals surface area contributed by atoms with Gasteiger partial charge in [-0.05, 0) is 72.8 Å². The van der Waals surface area contributed by atoms with Crippen molar-refractivity contribution in [3.8, 4) is 11.4 Å². The lowest BCUT2D eigenvalue weighted by Gasteiger charge is -2.24. The van der Waals surface area contributed by atoms with Gasteiger partial charge >= 0.3 is 0 Å². The number of furan rings is 2. The number of nitrogens with zero attached hydrogens (tertiary/aromatic N) is 2. The quantitative estimate of drug-likeness (QED) is 0.170. The summed E-state index contributed by atoms with van der Waals surface area (Å²) in [7, 11) is -2.18. The molecule has 0 N–H and O–H groups in total. The van der Waals surface area contributed by atoms with E-state index in [9.17, 15) is 0 Å². The minimum Gasteiger partial charge on any atom is -0.456 e. The van der Waals surface area contributed by atoms with Crippen molar-refractivity contribution in [2.75, 3.05) is 0 Å². The normalized spacial score (nSPS) is 12.5. The molecule has 4 heterocycles. The Morgan fingerprint density at radius 2 is 0.636 bits per heavy atom. The van der Waals surface area contributed by atoms with E-state index in [0.29, 0.717) is 0 Å². The van der Waals surface area contributed by atoms with E-state index in [1.54, 1.807) is 0 Å². The van der Waals surface area contributed by atoms with Crippen LogP contribution >= 0.6 is 0 Å². The van der Waals surface area contributed by atoms with Crippen molar-refractivity contribution >= 4 is 106 Å². The van der Waals surface area contributed by atoms with Gasteiger partial charge in [-0.1, -0.05) is 121 Å². The van der Waals surface area contributed by atoms with E-state index in [1.165, 1.54) is 54.0 Å². The van der Waals surface area contributed by atoms with Gasteiger partial charge in [0, 0.05) is 54.5 Å². The van der Waals surface area contributed by atoms with E-state index in [4.69, 9.17) is 8.83 Å². The Morgan fingerprint density at radius 3 is 1.00 bits per heavy atom. The summed E-state index contributed by atoms with van der Waals surface area (Å²) in [6, 6.07) is 61.6. The monoisotopic (exact) mass is 722 g/mol. The molecule has 0 saturated carbocycles. The number of hydrogen-bond acceptors (Lipinski definition) is 2. The number of benzene rings is 8. The molecule has 4 nitrogen and oxygen atoms in total. The first-order chi connectivity index (χ1) is 27.0. The predicted molar refractivity (Wildman–Crippen MR) is 233 cm³/mol. The van der Waals surface area contributed by atoms with Crippen molar-refractivity contribution < 1.29 is 8.83 Å². The molecule has 4 aromatic heterocycles. The SMILES string of the molecule is C[Si](C)(c1ccc2oc3ccc(-n4c5ccccc5c5ccccc54)cc3c2c1)c1ccc2oc3ccc(-n4c5ccccc5c5ccccc54)cc3c2c1. The summed E-state index contributed by atoms with van der Waals surface area (Å²) in [5, 5.41) is 12.3. The van der Waals surface area contributed by atoms with Crippen LogP contribution in [-0.4, -0.2) is 17.2 Å². The summed E-state index contributed by atoms with van der Waals surface area (Å²) in [5.41, 5.74) is 10.7. The Labute approximate surface area is 317 Å². The molecule has 260 valence electrons. The molecule has 0 spiro atoms. The summed E-state index contributed by atoms with van der Waals surface area (Å²) in [6.07, 6.45) is 0. The number of fused-ring (bicyclic) bond motifs is 12. The fraction of sp³-hybridized carbons (Fsp3) is 0.0400. The lowest BCUT2D eigenvalue weighted by molar-refractivity contribution is 0.668. The zero-order valence-electron chi connectivity index (χ0n) is 30.4. The fourth-order valence-corrected chi connectivity index (χ4v) is 11.5. The lowest BCUT2D eigenvalue weighted by Crippen LogP contribution is -2.52. The Bertz CT molecular complexity index is 3200. The van der Waals surface area contributed by atoms with E-state index in [2.05, 4.69) is 192 Å². The van der Waals surface area contributed by atoms with Crippen molar-refractivity contribution in [3.05, 3.63) is 170 Å². The van der Waals surface area contributed by atoms with E-state index >= 15 is 0 Å². The number of rotatable bonds is 4. The minimum atomic E-state index is -2.18. The van der Waals surface area contributed by atoms with E-state index in [1.807, 2.05) is 0 Å². The molecule has 12 aromatic rings. The van der Waals surface area contributed by atoms with Crippen LogP contribution < -0.4 is 10.4 Å². The largest absolute Gasteiger partial charge is 0.456 e. The first-order valence-corrected chi connectivity index (χ1v) is 21.9. The van der Waals surface area contributed by atoms with Crippen LogP contribution in [0.5, 0.6) is 0 Å². The standard InChI is InChI=1S/C50H34N2O2Si/c1-55(2,33-21-25-49-41(29-33)39-27-31(19-23-47(39)53-49)51-43-15-7-3-11-35(43)36-12-4-8-16-44(36)51)34-22-26-50-42(30-34)40-28-32(20-24-48(40)54-50)52-45-17-9-5-13-37(45)38-14-6-10-18-46(38)52/h3-30H,1-2H3. The number of aromatic nitrogens is 2.